The standard InChI is InChI=1S/C12H11N3O/c13-10-4-2-1-3-8(10)12(16)9-7-15-6-5-11(9)14/h1-7H,13H2,(H2,14,15). The van der Waals surface area contributed by atoms with Crippen LogP contribution in [0.1, 0.15) is 15.9 Å². The van der Waals surface area contributed by atoms with Crippen molar-refractivity contribution in [2.24, 2.45) is 0 Å². The maximum atomic E-state index is 12.1. The van der Waals surface area contributed by atoms with Crippen LogP contribution in [-0.2, 0) is 0 Å². The molecule has 4 heteroatoms. The van der Waals surface area contributed by atoms with Crippen LogP contribution in [0.4, 0.5) is 11.4 Å². The minimum atomic E-state index is -0.205. The summed E-state index contributed by atoms with van der Waals surface area (Å²) < 4.78 is 0. The van der Waals surface area contributed by atoms with Gasteiger partial charge in [0.05, 0.1) is 5.56 Å². The molecule has 80 valence electrons. The van der Waals surface area contributed by atoms with Crippen molar-refractivity contribution in [2.75, 3.05) is 11.5 Å². The first-order valence-corrected chi connectivity index (χ1v) is 4.79. The molecule has 2 rings (SSSR count). The fraction of sp³-hybridized carbons (Fsp3) is 0. The van der Waals surface area contributed by atoms with Crippen LogP contribution in [0.2, 0.25) is 0 Å². The largest absolute Gasteiger partial charge is 0.398 e. The van der Waals surface area contributed by atoms with Crippen LogP contribution < -0.4 is 11.5 Å². The minimum absolute atomic E-state index is 0.205. The molecule has 0 atom stereocenters. The van der Waals surface area contributed by atoms with Crippen LogP contribution >= 0.6 is 0 Å². The van der Waals surface area contributed by atoms with Gasteiger partial charge in [-0.3, -0.25) is 9.78 Å². The minimum Gasteiger partial charge on any atom is -0.398 e. The zero-order valence-corrected chi connectivity index (χ0v) is 8.55. The van der Waals surface area contributed by atoms with Gasteiger partial charge in [0.25, 0.3) is 0 Å². The molecule has 2 aromatic rings. The number of para-hydroxylation sites is 1. The number of anilines is 2. The Hall–Kier alpha value is -2.36. The summed E-state index contributed by atoms with van der Waals surface area (Å²) in [5.41, 5.74) is 13.1. The van der Waals surface area contributed by atoms with E-state index in [1.165, 1.54) is 6.20 Å². The lowest BCUT2D eigenvalue weighted by molar-refractivity contribution is 0.104. The Kier molecular flexibility index (Phi) is 2.55. The van der Waals surface area contributed by atoms with Crippen molar-refractivity contribution < 1.29 is 4.79 Å². The summed E-state index contributed by atoms with van der Waals surface area (Å²) in [6, 6.07) is 8.48. The van der Waals surface area contributed by atoms with Crippen molar-refractivity contribution >= 4 is 17.2 Å². The number of rotatable bonds is 2. The Labute approximate surface area is 92.9 Å². The van der Waals surface area contributed by atoms with Gasteiger partial charge in [-0.1, -0.05) is 12.1 Å². The molecule has 0 saturated carbocycles. The molecule has 0 spiro atoms. The van der Waals surface area contributed by atoms with Gasteiger partial charge in [0.15, 0.2) is 5.78 Å². The van der Waals surface area contributed by atoms with Crippen molar-refractivity contribution in [2.45, 2.75) is 0 Å². The third-order valence-corrected chi connectivity index (χ3v) is 2.30. The quantitative estimate of drug-likeness (QED) is 0.584. The van der Waals surface area contributed by atoms with Gasteiger partial charge < -0.3 is 11.5 Å². The lowest BCUT2D eigenvalue weighted by atomic mass is 10.0. The highest BCUT2D eigenvalue weighted by Crippen LogP contribution is 2.19. The van der Waals surface area contributed by atoms with E-state index in [9.17, 15) is 4.79 Å². The fourth-order valence-corrected chi connectivity index (χ4v) is 1.44. The second-order valence-corrected chi connectivity index (χ2v) is 3.38. The molecule has 1 aromatic carbocycles. The van der Waals surface area contributed by atoms with Crippen LogP contribution in [0.3, 0.4) is 0 Å². The van der Waals surface area contributed by atoms with Gasteiger partial charge in [0.1, 0.15) is 0 Å². The molecule has 0 amide bonds. The predicted molar refractivity (Wildman–Crippen MR) is 62.9 cm³/mol. The number of benzene rings is 1. The Bertz CT molecular complexity index is 490. The van der Waals surface area contributed by atoms with Gasteiger partial charge in [-0.15, -0.1) is 0 Å². The summed E-state index contributed by atoms with van der Waals surface area (Å²) in [5.74, 6) is -0.205. The molecule has 0 unspecified atom stereocenters. The molecule has 4 N–H and O–H groups in total. The van der Waals surface area contributed by atoms with Crippen molar-refractivity contribution in [1.29, 1.82) is 0 Å². The Morgan fingerprint density at radius 1 is 1.00 bits per heavy atom. The molecular weight excluding hydrogens is 202 g/mol. The summed E-state index contributed by atoms with van der Waals surface area (Å²) in [5, 5.41) is 0. The summed E-state index contributed by atoms with van der Waals surface area (Å²) in [7, 11) is 0. The van der Waals surface area contributed by atoms with E-state index in [-0.39, 0.29) is 5.78 Å². The zero-order valence-electron chi connectivity index (χ0n) is 8.55. The molecule has 0 bridgehead atoms. The number of hydrogen-bond donors (Lipinski definition) is 2. The monoisotopic (exact) mass is 213 g/mol. The number of pyridine rings is 1. The van der Waals surface area contributed by atoms with Gasteiger partial charge in [-0.2, -0.15) is 0 Å². The summed E-state index contributed by atoms with van der Waals surface area (Å²) in [6.07, 6.45) is 2.99. The normalized spacial score (nSPS) is 10.0. The molecule has 1 aromatic heterocycles. The number of nitrogen functional groups attached to an aromatic ring is 2. The van der Waals surface area contributed by atoms with Crippen molar-refractivity contribution in [1.82, 2.24) is 4.98 Å². The molecule has 0 radical (unpaired) electrons. The van der Waals surface area contributed by atoms with E-state index in [0.29, 0.717) is 22.5 Å². The predicted octanol–water partition coefficient (Wildman–Crippen LogP) is 1.48. The molecule has 0 aliphatic heterocycles. The first kappa shape index (κ1) is 10.2. The molecule has 0 saturated heterocycles. The SMILES string of the molecule is Nc1ccccc1C(=O)c1cnccc1N. The van der Waals surface area contributed by atoms with Crippen LogP contribution in [0, 0.1) is 0 Å². The van der Waals surface area contributed by atoms with Gasteiger partial charge in [0, 0.05) is 29.3 Å². The van der Waals surface area contributed by atoms with Crippen LogP contribution in [0.25, 0.3) is 0 Å². The number of hydrogen-bond acceptors (Lipinski definition) is 4. The molecular formula is C12H11N3O. The molecule has 4 nitrogen and oxygen atoms in total. The second-order valence-electron chi connectivity index (χ2n) is 3.38. The van der Waals surface area contributed by atoms with Crippen molar-refractivity contribution in [3.05, 3.63) is 53.9 Å². The molecule has 0 fully saturated rings. The van der Waals surface area contributed by atoms with E-state index in [0.717, 1.165) is 0 Å². The number of nitrogens with zero attached hydrogens (tertiary/aromatic N) is 1. The van der Waals surface area contributed by atoms with Crippen LogP contribution in [-0.4, -0.2) is 10.8 Å². The number of aromatic nitrogens is 1. The van der Waals surface area contributed by atoms with Crippen LogP contribution in [0.15, 0.2) is 42.7 Å². The highest BCUT2D eigenvalue weighted by Gasteiger charge is 2.14. The Morgan fingerprint density at radius 2 is 1.69 bits per heavy atom. The number of ketones is 1. The summed E-state index contributed by atoms with van der Waals surface area (Å²) in [4.78, 5) is 16.0. The summed E-state index contributed by atoms with van der Waals surface area (Å²) in [6.45, 7) is 0. The average molecular weight is 213 g/mol. The van der Waals surface area contributed by atoms with E-state index in [1.807, 2.05) is 0 Å². The van der Waals surface area contributed by atoms with Crippen molar-refractivity contribution in [3.63, 3.8) is 0 Å². The highest BCUT2D eigenvalue weighted by molar-refractivity contribution is 6.14. The third-order valence-electron chi connectivity index (χ3n) is 2.30. The maximum absolute atomic E-state index is 12.1. The lowest BCUT2D eigenvalue weighted by Gasteiger charge is -2.05. The molecule has 16 heavy (non-hydrogen) atoms. The van der Waals surface area contributed by atoms with E-state index >= 15 is 0 Å². The number of carbonyl (C=O) groups is 1. The molecule has 0 aliphatic rings. The Balaban J connectivity index is 2.48. The van der Waals surface area contributed by atoms with E-state index < -0.39 is 0 Å². The van der Waals surface area contributed by atoms with Gasteiger partial charge >= 0.3 is 0 Å². The molecule has 0 aliphatic carbocycles. The first-order valence-electron chi connectivity index (χ1n) is 4.79. The number of carbonyl (C=O) groups excluding carboxylic acids is 1. The van der Waals surface area contributed by atoms with E-state index in [1.54, 1.807) is 36.5 Å². The average Bonchev–Trinajstić information content (AvgIpc) is 2.29. The zero-order chi connectivity index (χ0) is 11.5. The van der Waals surface area contributed by atoms with E-state index in [2.05, 4.69) is 4.98 Å². The highest BCUT2D eigenvalue weighted by atomic mass is 16.1. The van der Waals surface area contributed by atoms with Gasteiger partial charge in [0.2, 0.25) is 0 Å². The smallest absolute Gasteiger partial charge is 0.198 e. The molecule has 1 heterocycles. The van der Waals surface area contributed by atoms with Gasteiger partial charge in [-0.05, 0) is 18.2 Å². The van der Waals surface area contributed by atoms with E-state index in [4.69, 9.17) is 11.5 Å². The van der Waals surface area contributed by atoms with Gasteiger partial charge in [-0.25, -0.2) is 0 Å². The van der Waals surface area contributed by atoms with Crippen molar-refractivity contribution in [3.8, 4) is 0 Å². The van der Waals surface area contributed by atoms with Crippen LogP contribution in [0.5, 0.6) is 0 Å². The summed E-state index contributed by atoms with van der Waals surface area (Å²) >= 11 is 0. The lowest BCUT2D eigenvalue weighted by Crippen LogP contribution is -2.08. The second kappa shape index (κ2) is 4.02. The third kappa shape index (κ3) is 1.72. The first-order chi connectivity index (χ1) is 7.70. The fourth-order valence-electron chi connectivity index (χ4n) is 1.44. The Morgan fingerprint density at radius 3 is 2.38 bits per heavy atom. The number of nitrogens with two attached hydrogens (primary N) is 2. The topological polar surface area (TPSA) is 82.0 Å². The maximum Gasteiger partial charge on any atom is 0.198 e.